The van der Waals surface area contributed by atoms with Gasteiger partial charge in [0.25, 0.3) is 0 Å². The van der Waals surface area contributed by atoms with E-state index < -0.39 is 58.0 Å². The maximum Gasteiger partial charge on any atom is 0.573 e. The van der Waals surface area contributed by atoms with E-state index >= 15 is 0 Å². The van der Waals surface area contributed by atoms with Gasteiger partial charge in [0, 0.05) is 35.0 Å². The van der Waals surface area contributed by atoms with E-state index in [0.29, 0.717) is 11.3 Å². The van der Waals surface area contributed by atoms with Gasteiger partial charge in [0.1, 0.15) is 17.3 Å². The van der Waals surface area contributed by atoms with Crippen molar-refractivity contribution in [2.75, 3.05) is 11.9 Å². The van der Waals surface area contributed by atoms with Crippen molar-refractivity contribution in [3.05, 3.63) is 96.3 Å². The summed E-state index contributed by atoms with van der Waals surface area (Å²) in [6.07, 6.45) is -2.37. The number of likely N-dealkylation sites (tertiary alicyclic amines) is 1. The van der Waals surface area contributed by atoms with Gasteiger partial charge >= 0.3 is 12.3 Å². The van der Waals surface area contributed by atoms with Crippen LogP contribution in [-0.2, 0) is 17.7 Å². The largest absolute Gasteiger partial charge is 0.768 e. The molecule has 0 amide bonds. The highest BCUT2D eigenvalue weighted by atomic mass is 32.2. The van der Waals surface area contributed by atoms with E-state index in [9.17, 15) is 40.2 Å². The SMILES string of the molecule is C=C(C)N(/C=C1\N(C)C(C)C1(F)F)c1ccc(-c2cc(F)c(CO)c(S(=O)[O-])c2)cc1-n1nncc1-c1ccc(OC(F)(F)F)cc1. The summed E-state index contributed by atoms with van der Waals surface area (Å²) in [5.74, 6) is -4.60. The van der Waals surface area contributed by atoms with Gasteiger partial charge in [-0.05, 0) is 84.6 Å². The Morgan fingerprint density at radius 3 is 2.38 bits per heavy atom. The third-order valence-electron chi connectivity index (χ3n) is 7.71. The fraction of sp³-hybridized carbons (Fsp3) is 0.226. The summed E-state index contributed by atoms with van der Waals surface area (Å²) in [6.45, 7) is 6.03. The molecule has 0 bridgehead atoms. The lowest BCUT2D eigenvalue weighted by Crippen LogP contribution is -2.59. The summed E-state index contributed by atoms with van der Waals surface area (Å²) < 4.78 is 112. The lowest BCUT2D eigenvalue weighted by molar-refractivity contribution is -0.274. The minimum atomic E-state index is -4.91. The highest BCUT2D eigenvalue weighted by Gasteiger charge is 2.55. The van der Waals surface area contributed by atoms with Crippen LogP contribution in [0.25, 0.3) is 28.1 Å². The first kappa shape index (κ1) is 33.7. The summed E-state index contributed by atoms with van der Waals surface area (Å²) in [6, 6.07) is 10.5. The maximum atomic E-state index is 15.0. The molecule has 2 atom stereocenters. The second kappa shape index (κ2) is 12.5. The number of hydrogen-bond donors (Lipinski definition) is 1. The number of aromatic nitrogens is 3. The number of hydrogen-bond acceptors (Lipinski definition) is 8. The Balaban J connectivity index is 1.71. The number of anilines is 1. The van der Waals surface area contributed by atoms with Crippen molar-refractivity contribution in [3.8, 4) is 33.8 Å². The van der Waals surface area contributed by atoms with Crippen LogP contribution in [-0.4, -0.2) is 59.1 Å². The normalized spacial score (nSPS) is 17.4. The number of halogens is 6. The van der Waals surface area contributed by atoms with E-state index in [1.54, 1.807) is 6.92 Å². The van der Waals surface area contributed by atoms with Gasteiger partial charge in [0.2, 0.25) is 0 Å². The minimum absolute atomic E-state index is 0.0985. The molecule has 47 heavy (non-hydrogen) atoms. The summed E-state index contributed by atoms with van der Waals surface area (Å²) in [7, 11) is 1.51. The average molecular weight is 679 g/mol. The van der Waals surface area contributed by atoms with Gasteiger partial charge in [-0.3, -0.25) is 4.21 Å². The number of aliphatic hydroxyl groups is 1. The number of aliphatic hydroxyl groups excluding tert-OH is 1. The molecular formula is C31H26F6N5O4S-. The number of benzene rings is 3. The van der Waals surface area contributed by atoms with Crippen LogP contribution in [0.15, 0.2) is 89.9 Å². The van der Waals surface area contributed by atoms with Gasteiger partial charge in [-0.25, -0.2) is 9.07 Å². The predicted octanol–water partition coefficient (Wildman–Crippen LogP) is 6.52. The fourth-order valence-electron chi connectivity index (χ4n) is 5.11. The average Bonchev–Trinajstić information content (AvgIpc) is 3.49. The summed E-state index contributed by atoms with van der Waals surface area (Å²) in [5, 5.41) is 17.7. The van der Waals surface area contributed by atoms with Crippen LogP contribution in [0.4, 0.5) is 32.0 Å². The van der Waals surface area contributed by atoms with Gasteiger partial charge in [0.05, 0.1) is 35.9 Å². The van der Waals surface area contributed by atoms with Crippen LogP contribution in [0.2, 0.25) is 0 Å². The van der Waals surface area contributed by atoms with E-state index in [-0.39, 0.29) is 33.9 Å². The molecule has 1 fully saturated rings. The molecule has 16 heteroatoms. The maximum absolute atomic E-state index is 15.0. The molecule has 0 spiro atoms. The molecule has 1 aliphatic heterocycles. The van der Waals surface area contributed by atoms with Crippen LogP contribution in [0.5, 0.6) is 5.75 Å². The molecule has 2 unspecified atom stereocenters. The smallest absolute Gasteiger partial charge is 0.573 e. The number of allylic oxidation sites excluding steroid dienone is 1. The van der Waals surface area contributed by atoms with Crippen LogP contribution in [0.1, 0.15) is 19.4 Å². The molecule has 4 aromatic rings. The number of ether oxygens (including phenoxy) is 1. The topological polar surface area (TPSA) is 107 Å². The van der Waals surface area contributed by atoms with Crippen molar-refractivity contribution in [2.24, 2.45) is 0 Å². The zero-order valence-electron chi connectivity index (χ0n) is 24.9. The monoisotopic (exact) mass is 678 g/mol. The van der Waals surface area contributed by atoms with Crippen molar-refractivity contribution < 1.29 is 44.9 Å². The Kier molecular flexibility index (Phi) is 8.96. The van der Waals surface area contributed by atoms with Crippen molar-refractivity contribution in [1.29, 1.82) is 0 Å². The van der Waals surface area contributed by atoms with E-state index in [4.69, 9.17) is 0 Å². The summed E-state index contributed by atoms with van der Waals surface area (Å²) in [4.78, 5) is 2.32. The quantitative estimate of drug-likeness (QED) is 0.158. The lowest BCUT2D eigenvalue weighted by Gasteiger charge is -2.48. The van der Waals surface area contributed by atoms with Crippen molar-refractivity contribution in [3.63, 3.8) is 0 Å². The van der Waals surface area contributed by atoms with E-state index in [2.05, 4.69) is 21.6 Å². The Labute approximate surface area is 267 Å². The molecule has 248 valence electrons. The Morgan fingerprint density at radius 2 is 1.81 bits per heavy atom. The molecule has 2 heterocycles. The molecule has 0 radical (unpaired) electrons. The molecule has 3 aromatic carbocycles. The number of nitrogens with zero attached hydrogens (tertiary/aromatic N) is 5. The van der Waals surface area contributed by atoms with E-state index in [0.717, 1.165) is 18.2 Å². The Hall–Kier alpha value is -4.67. The lowest BCUT2D eigenvalue weighted by atomic mass is 9.96. The molecule has 1 saturated heterocycles. The number of rotatable bonds is 9. The third-order valence-corrected chi connectivity index (χ3v) is 8.43. The molecule has 1 N–H and O–H groups in total. The van der Waals surface area contributed by atoms with E-state index in [1.165, 1.54) is 77.2 Å². The number of alkyl halides is 5. The van der Waals surface area contributed by atoms with Crippen molar-refractivity contribution in [1.82, 2.24) is 19.9 Å². The van der Waals surface area contributed by atoms with Crippen LogP contribution >= 0.6 is 0 Å². The molecule has 5 rings (SSSR count). The molecular weight excluding hydrogens is 652 g/mol. The Morgan fingerprint density at radius 1 is 1.15 bits per heavy atom. The first-order valence-electron chi connectivity index (χ1n) is 13.8. The molecule has 1 aromatic heterocycles. The second-order valence-corrected chi connectivity index (χ2v) is 11.6. The molecule has 1 aliphatic rings. The Bertz CT molecular complexity index is 1890. The molecule has 0 saturated carbocycles. The first-order valence-corrected chi connectivity index (χ1v) is 14.8. The fourth-order valence-corrected chi connectivity index (χ4v) is 5.70. The van der Waals surface area contributed by atoms with Crippen molar-refractivity contribution in [2.45, 2.75) is 43.7 Å². The predicted molar refractivity (Wildman–Crippen MR) is 160 cm³/mol. The first-order chi connectivity index (χ1) is 22.0. The highest BCUT2D eigenvalue weighted by molar-refractivity contribution is 7.79. The van der Waals surface area contributed by atoms with Gasteiger partial charge < -0.3 is 24.2 Å². The standard InChI is InChI=1S/C31H27F6N5O4S/c1-17(2)41(15-29-30(33,34)18(3)40(29)4)25-10-7-20(21-11-24(32)23(16-43)28(13-21)47(44)45)12-26(25)42-27(14-38-39-42)19-5-8-22(9-6-19)46-31(35,36)37/h5-15,18,43H,1,16H2,2-4H3,(H,44,45)/p-1/b29-15-. The van der Waals surface area contributed by atoms with Gasteiger partial charge in [-0.1, -0.05) is 17.9 Å². The van der Waals surface area contributed by atoms with Crippen LogP contribution in [0.3, 0.4) is 0 Å². The molecule has 0 aliphatic carbocycles. The van der Waals surface area contributed by atoms with Gasteiger partial charge in [-0.15, -0.1) is 18.3 Å². The highest BCUT2D eigenvalue weighted by Crippen LogP contribution is 2.45. The van der Waals surface area contributed by atoms with Crippen molar-refractivity contribution >= 4 is 16.8 Å². The molecule has 9 nitrogen and oxygen atoms in total. The zero-order valence-corrected chi connectivity index (χ0v) is 25.7. The summed E-state index contributed by atoms with van der Waals surface area (Å²) >= 11 is -2.90. The van der Waals surface area contributed by atoms with Gasteiger partial charge in [0.15, 0.2) is 0 Å². The second-order valence-electron chi connectivity index (χ2n) is 10.7. The minimum Gasteiger partial charge on any atom is -0.768 e. The zero-order chi connectivity index (χ0) is 34.4. The van der Waals surface area contributed by atoms with E-state index in [1.807, 2.05) is 0 Å². The van der Waals surface area contributed by atoms with Gasteiger partial charge in [-0.2, -0.15) is 8.78 Å². The van der Waals surface area contributed by atoms with Crippen LogP contribution < -0.4 is 9.64 Å². The summed E-state index contributed by atoms with van der Waals surface area (Å²) in [5.41, 5.74) is 1.00. The van der Waals surface area contributed by atoms with Crippen LogP contribution in [0, 0.1) is 5.82 Å². The third kappa shape index (κ3) is 6.48.